The van der Waals surface area contributed by atoms with Crippen molar-refractivity contribution in [1.82, 2.24) is 4.72 Å². The van der Waals surface area contributed by atoms with Gasteiger partial charge < -0.3 is 5.73 Å². The van der Waals surface area contributed by atoms with E-state index in [-0.39, 0.29) is 12.1 Å². The Hall–Kier alpha value is -0.560. The molecule has 1 fully saturated rings. The summed E-state index contributed by atoms with van der Waals surface area (Å²) in [6.07, 6.45) is 1.98. The summed E-state index contributed by atoms with van der Waals surface area (Å²) in [5.41, 5.74) is 6.63. The zero-order valence-electron chi connectivity index (χ0n) is 11.0. The number of hydrogen-bond acceptors (Lipinski definition) is 4. The lowest BCUT2D eigenvalue weighted by Crippen LogP contribution is -2.38. The smallest absolute Gasteiger partial charge is 0.240 e. The summed E-state index contributed by atoms with van der Waals surface area (Å²) in [7, 11) is -3.43. The van der Waals surface area contributed by atoms with Crippen LogP contribution in [0.2, 0.25) is 0 Å². The number of nitrogens with two attached hydrogens (primary N) is 1. The van der Waals surface area contributed by atoms with Crippen LogP contribution in [0, 0.1) is 0 Å². The van der Waals surface area contributed by atoms with Gasteiger partial charge in [-0.15, -0.1) is 0 Å². The maximum Gasteiger partial charge on any atom is 0.240 e. The molecule has 19 heavy (non-hydrogen) atoms. The third kappa shape index (κ3) is 3.95. The van der Waals surface area contributed by atoms with Gasteiger partial charge in [-0.2, -0.15) is 11.8 Å². The van der Waals surface area contributed by atoms with E-state index < -0.39 is 10.0 Å². The average molecular weight is 300 g/mol. The van der Waals surface area contributed by atoms with E-state index in [9.17, 15) is 8.42 Å². The van der Waals surface area contributed by atoms with Gasteiger partial charge >= 0.3 is 0 Å². The van der Waals surface area contributed by atoms with Crippen LogP contribution in [0.1, 0.15) is 31.4 Å². The van der Waals surface area contributed by atoms with Crippen LogP contribution in [0.3, 0.4) is 0 Å². The highest BCUT2D eigenvalue weighted by molar-refractivity contribution is 7.99. The van der Waals surface area contributed by atoms with E-state index in [0.29, 0.717) is 4.90 Å². The molecule has 1 heterocycles. The van der Waals surface area contributed by atoms with Gasteiger partial charge in [-0.05, 0) is 43.2 Å². The van der Waals surface area contributed by atoms with Crippen molar-refractivity contribution < 1.29 is 8.42 Å². The average Bonchev–Trinajstić information content (AvgIpc) is 2.39. The number of hydrogen-bond donors (Lipinski definition) is 2. The van der Waals surface area contributed by atoms with Gasteiger partial charge in [0.15, 0.2) is 0 Å². The molecule has 6 heteroatoms. The second-order valence-electron chi connectivity index (χ2n) is 4.90. The van der Waals surface area contributed by atoms with Gasteiger partial charge in [-0.1, -0.05) is 12.1 Å². The van der Waals surface area contributed by atoms with Gasteiger partial charge in [-0.25, -0.2) is 13.1 Å². The first kappa shape index (κ1) is 14.8. The van der Waals surface area contributed by atoms with Crippen molar-refractivity contribution in [2.24, 2.45) is 5.73 Å². The Morgan fingerprint density at radius 3 is 2.89 bits per heavy atom. The molecule has 2 atom stereocenters. The van der Waals surface area contributed by atoms with Crippen LogP contribution < -0.4 is 10.5 Å². The number of benzene rings is 1. The molecule has 1 saturated heterocycles. The highest BCUT2D eigenvalue weighted by Gasteiger charge is 2.22. The maximum absolute atomic E-state index is 12.3. The molecule has 106 valence electrons. The Balaban J connectivity index is 2.16. The summed E-state index contributed by atoms with van der Waals surface area (Å²) >= 11 is 1.80. The van der Waals surface area contributed by atoms with E-state index in [0.717, 1.165) is 29.9 Å². The molecule has 0 spiro atoms. The van der Waals surface area contributed by atoms with Crippen molar-refractivity contribution in [1.29, 1.82) is 0 Å². The first-order chi connectivity index (χ1) is 8.99. The molecular weight excluding hydrogens is 280 g/mol. The van der Waals surface area contributed by atoms with Crippen molar-refractivity contribution >= 4 is 21.8 Å². The molecule has 4 nitrogen and oxygen atoms in total. The highest BCUT2D eigenvalue weighted by atomic mass is 32.2. The minimum Gasteiger partial charge on any atom is -0.324 e. The number of sulfonamides is 1. The Morgan fingerprint density at radius 1 is 1.47 bits per heavy atom. The van der Waals surface area contributed by atoms with Crippen molar-refractivity contribution in [3.63, 3.8) is 0 Å². The van der Waals surface area contributed by atoms with Gasteiger partial charge in [0.25, 0.3) is 0 Å². The minimum atomic E-state index is -3.43. The van der Waals surface area contributed by atoms with Gasteiger partial charge in [0, 0.05) is 17.8 Å². The van der Waals surface area contributed by atoms with Crippen molar-refractivity contribution in [3.8, 4) is 0 Å². The molecule has 2 unspecified atom stereocenters. The third-order valence-electron chi connectivity index (χ3n) is 3.18. The van der Waals surface area contributed by atoms with Crippen LogP contribution in [0.15, 0.2) is 29.2 Å². The highest BCUT2D eigenvalue weighted by Crippen LogP contribution is 2.20. The zero-order valence-corrected chi connectivity index (χ0v) is 12.6. The van der Waals surface area contributed by atoms with E-state index in [1.54, 1.807) is 30.0 Å². The fraction of sp³-hybridized carbons (Fsp3) is 0.538. The minimum absolute atomic E-state index is 0.0442. The fourth-order valence-corrected chi connectivity index (χ4v) is 4.59. The fourth-order valence-electron chi connectivity index (χ4n) is 2.09. The Labute approximate surface area is 119 Å². The molecule has 0 aliphatic carbocycles. The van der Waals surface area contributed by atoms with E-state index in [1.807, 2.05) is 13.0 Å². The summed E-state index contributed by atoms with van der Waals surface area (Å²) in [6.45, 7) is 1.84. The van der Waals surface area contributed by atoms with Gasteiger partial charge in [0.2, 0.25) is 10.0 Å². The monoisotopic (exact) mass is 300 g/mol. The van der Waals surface area contributed by atoms with Crippen molar-refractivity contribution in [2.75, 3.05) is 11.5 Å². The summed E-state index contributed by atoms with van der Waals surface area (Å²) in [4.78, 5) is 0.304. The normalized spacial score (nSPS) is 22.1. The van der Waals surface area contributed by atoms with E-state index in [1.165, 1.54) is 0 Å². The standard InChI is InChI=1S/C13H20N2O2S2/c1-10(14)11-4-2-6-13(8-11)19(16,17)15-12-5-3-7-18-9-12/h2,4,6,8,10,12,15H,3,5,7,9,14H2,1H3. The zero-order chi connectivity index (χ0) is 13.9. The molecule has 1 aliphatic heterocycles. The van der Waals surface area contributed by atoms with Crippen LogP contribution in [0.25, 0.3) is 0 Å². The second kappa shape index (κ2) is 6.26. The topological polar surface area (TPSA) is 72.2 Å². The number of nitrogens with one attached hydrogen (secondary N) is 1. The van der Waals surface area contributed by atoms with Crippen LogP contribution in [-0.2, 0) is 10.0 Å². The Kier molecular flexibility index (Phi) is 4.89. The third-order valence-corrected chi connectivity index (χ3v) is 5.91. The molecule has 0 saturated carbocycles. The lowest BCUT2D eigenvalue weighted by molar-refractivity contribution is 0.543. The molecule has 0 bridgehead atoms. The van der Waals surface area contributed by atoms with Gasteiger partial charge in [0.1, 0.15) is 0 Å². The molecule has 0 aromatic heterocycles. The lowest BCUT2D eigenvalue weighted by atomic mass is 10.1. The van der Waals surface area contributed by atoms with Gasteiger partial charge in [0.05, 0.1) is 4.90 Å². The number of thioether (sulfide) groups is 1. The predicted molar refractivity (Wildman–Crippen MR) is 79.7 cm³/mol. The van der Waals surface area contributed by atoms with Crippen LogP contribution in [-0.4, -0.2) is 26.0 Å². The van der Waals surface area contributed by atoms with Crippen LogP contribution >= 0.6 is 11.8 Å². The molecule has 0 amide bonds. The first-order valence-corrected chi connectivity index (χ1v) is 9.08. The molecule has 1 aromatic carbocycles. The van der Waals surface area contributed by atoms with E-state index in [2.05, 4.69) is 4.72 Å². The van der Waals surface area contributed by atoms with Crippen LogP contribution in [0.4, 0.5) is 0 Å². The molecule has 1 aromatic rings. The summed E-state index contributed by atoms with van der Waals surface area (Å²) in [5.74, 6) is 1.98. The maximum atomic E-state index is 12.3. The summed E-state index contributed by atoms with van der Waals surface area (Å²) in [5, 5.41) is 0. The first-order valence-electron chi connectivity index (χ1n) is 6.44. The lowest BCUT2D eigenvalue weighted by Gasteiger charge is -2.22. The Bertz CT molecular complexity index is 523. The van der Waals surface area contributed by atoms with Crippen LogP contribution in [0.5, 0.6) is 0 Å². The molecule has 0 radical (unpaired) electrons. The number of rotatable bonds is 4. The van der Waals surface area contributed by atoms with E-state index in [4.69, 9.17) is 5.73 Å². The van der Waals surface area contributed by atoms with E-state index >= 15 is 0 Å². The largest absolute Gasteiger partial charge is 0.324 e. The SMILES string of the molecule is CC(N)c1cccc(S(=O)(=O)NC2CCCSC2)c1. The van der Waals surface area contributed by atoms with Crippen molar-refractivity contribution in [3.05, 3.63) is 29.8 Å². The predicted octanol–water partition coefficient (Wildman–Crippen LogP) is 1.88. The molecule has 3 N–H and O–H groups in total. The molecule has 1 aliphatic rings. The van der Waals surface area contributed by atoms with Crippen molar-refractivity contribution in [2.45, 2.75) is 36.7 Å². The summed E-state index contributed by atoms with van der Waals surface area (Å²) in [6, 6.07) is 6.74. The quantitative estimate of drug-likeness (QED) is 0.890. The molecule has 2 rings (SSSR count). The summed E-state index contributed by atoms with van der Waals surface area (Å²) < 4.78 is 27.4. The molecular formula is C13H20N2O2S2. The second-order valence-corrected chi connectivity index (χ2v) is 7.76. The van der Waals surface area contributed by atoms with Gasteiger partial charge in [-0.3, -0.25) is 0 Å². The Morgan fingerprint density at radius 2 is 2.26 bits per heavy atom.